The minimum atomic E-state index is 1.09. The maximum absolute atomic E-state index is 3.55. The van der Waals surface area contributed by atoms with Gasteiger partial charge in [0, 0.05) is 22.1 Å². The van der Waals surface area contributed by atoms with E-state index in [9.17, 15) is 0 Å². The topological polar surface area (TPSA) is 12.0 Å². The number of hydrogen-bond acceptors (Lipinski definition) is 2. The highest BCUT2D eigenvalue weighted by molar-refractivity contribution is 9.10. The summed E-state index contributed by atoms with van der Waals surface area (Å²) in [6, 6.07) is 14.9. The van der Waals surface area contributed by atoms with Gasteiger partial charge in [-0.2, -0.15) is 0 Å². The van der Waals surface area contributed by atoms with E-state index in [1.54, 1.807) is 11.8 Å². The lowest BCUT2D eigenvalue weighted by Gasteiger charge is -2.10. The smallest absolute Gasteiger partial charge is 0.0355 e. The van der Waals surface area contributed by atoms with Crippen LogP contribution in [0.3, 0.4) is 0 Å². The van der Waals surface area contributed by atoms with Crippen LogP contribution in [0.4, 0.5) is 5.69 Å². The van der Waals surface area contributed by atoms with Crippen molar-refractivity contribution in [3.8, 4) is 11.1 Å². The molecule has 0 fully saturated rings. The Morgan fingerprint density at radius 2 is 1.88 bits per heavy atom. The highest BCUT2D eigenvalue weighted by atomic mass is 79.9. The summed E-state index contributed by atoms with van der Waals surface area (Å²) in [5, 5.41) is 3.18. The Bertz CT molecular complexity index is 525. The second-order valence-corrected chi connectivity index (χ2v) is 5.44. The lowest BCUT2D eigenvalue weighted by atomic mass is 10.1. The van der Waals surface area contributed by atoms with E-state index < -0.39 is 0 Å². The molecule has 0 aliphatic rings. The fraction of sp³-hybridized carbons (Fsp3) is 0.143. The Morgan fingerprint density at radius 3 is 2.59 bits per heavy atom. The van der Waals surface area contributed by atoms with Gasteiger partial charge < -0.3 is 5.32 Å². The molecule has 0 saturated heterocycles. The predicted octanol–water partition coefficient (Wildman–Crippen LogP) is 4.88. The van der Waals surface area contributed by atoms with E-state index in [2.05, 4.69) is 70.0 Å². The van der Waals surface area contributed by atoms with Crippen molar-refractivity contribution in [2.24, 2.45) is 0 Å². The van der Waals surface area contributed by atoms with Crippen molar-refractivity contribution in [2.45, 2.75) is 4.90 Å². The number of rotatable bonds is 3. The van der Waals surface area contributed by atoms with Gasteiger partial charge in [0.15, 0.2) is 0 Å². The number of benzene rings is 2. The van der Waals surface area contributed by atoms with Crippen LogP contribution < -0.4 is 5.32 Å². The van der Waals surface area contributed by atoms with Gasteiger partial charge in [-0.15, -0.1) is 11.8 Å². The monoisotopic (exact) mass is 307 g/mol. The lowest BCUT2D eigenvalue weighted by Crippen LogP contribution is -1.89. The highest BCUT2D eigenvalue weighted by Gasteiger charge is 2.05. The van der Waals surface area contributed by atoms with Crippen LogP contribution >= 0.6 is 27.7 Å². The molecule has 0 spiro atoms. The van der Waals surface area contributed by atoms with Crippen LogP contribution in [-0.2, 0) is 0 Å². The van der Waals surface area contributed by atoms with Crippen LogP contribution in [0, 0.1) is 0 Å². The van der Waals surface area contributed by atoms with Gasteiger partial charge in [0.25, 0.3) is 0 Å². The molecule has 2 aromatic carbocycles. The first kappa shape index (κ1) is 12.5. The molecule has 2 aromatic rings. The maximum Gasteiger partial charge on any atom is 0.0355 e. The molecule has 1 N–H and O–H groups in total. The Morgan fingerprint density at radius 1 is 1.12 bits per heavy atom. The molecule has 0 amide bonds. The summed E-state index contributed by atoms with van der Waals surface area (Å²) in [4.78, 5) is 1.30. The lowest BCUT2D eigenvalue weighted by molar-refractivity contribution is 1.43. The fourth-order valence-corrected chi connectivity index (χ4v) is 2.89. The molecular weight excluding hydrogens is 294 g/mol. The average molecular weight is 308 g/mol. The normalized spacial score (nSPS) is 10.3. The number of anilines is 1. The predicted molar refractivity (Wildman–Crippen MR) is 80.9 cm³/mol. The van der Waals surface area contributed by atoms with Crippen LogP contribution in [0.15, 0.2) is 51.8 Å². The summed E-state index contributed by atoms with van der Waals surface area (Å²) in [5.74, 6) is 0. The third kappa shape index (κ3) is 2.85. The Kier molecular flexibility index (Phi) is 4.13. The quantitative estimate of drug-likeness (QED) is 0.811. The van der Waals surface area contributed by atoms with Crippen molar-refractivity contribution < 1.29 is 0 Å². The van der Waals surface area contributed by atoms with Crippen LogP contribution in [0.5, 0.6) is 0 Å². The second kappa shape index (κ2) is 5.61. The summed E-state index contributed by atoms with van der Waals surface area (Å²) >= 11 is 5.32. The first-order valence-corrected chi connectivity index (χ1v) is 7.38. The number of thioether (sulfide) groups is 1. The molecule has 0 saturated carbocycles. The number of hydrogen-bond donors (Lipinski definition) is 1. The van der Waals surface area contributed by atoms with Gasteiger partial charge in [-0.25, -0.2) is 0 Å². The third-order valence-corrected chi connectivity index (χ3v) is 3.86. The summed E-state index contributed by atoms with van der Waals surface area (Å²) in [5.41, 5.74) is 3.62. The maximum atomic E-state index is 3.55. The van der Waals surface area contributed by atoms with E-state index in [0.717, 1.165) is 10.2 Å². The molecule has 0 atom stereocenters. The Balaban J connectivity index is 2.55. The van der Waals surface area contributed by atoms with Gasteiger partial charge in [-0.05, 0) is 41.6 Å². The highest BCUT2D eigenvalue weighted by Crippen LogP contribution is 2.33. The molecule has 0 unspecified atom stereocenters. The second-order valence-electron chi connectivity index (χ2n) is 3.68. The van der Waals surface area contributed by atoms with Gasteiger partial charge in [0.2, 0.25) is 0 Å². The first-order valence-electron chi connectivity index (χ1n) is 5.36. The largest absolute Gasteiger partial charge is 0.388 e. The SMILES string of the molecule is CNc1cc(Br)cc(-c2ccccc2SC)c1. The molecule has 1 nitrogen and oxygen atoms in total. The zero-order chi connectivity index (χ0) is 12.3. The van der Waals surface area contributed by atoms with E-state index in [1.165, 1.54) is 16.0 Å². The molecule has 0 aliphatic heterocycles. The minimum Gasteiger partial charge on any atom is -0.388 e. The van der Waals surface area contributed by atoms with Crippen molar-refractivity contribution in [2.75, 3.05) is 18.6 Å². The van der Waals surface area contributed by atoms with E-state index in [4.69, 9.17) is 0 Å². The zero-order valence-electron chi connectivity index (χ0n) is 9.83. The van der Waals surface area contributed by atoms with Gasteiger partial charge >= 0.3 is 0 Å². The van der Waals surface area contributed by atoms with Crippen LogP contribution in [0.25, 0.3) is 11.1 Å². The Hall–Kier alpha value is -0.930. The number of halogens is 1. The molecule has 3 heteroatoms. The van der Waals surface area contributed by atoms with Crippen LogP contribution in [0.2, 0.25) is 0 Å². The zero-order valence-corrected chi connectivity index (χ0v) is 12.2. The van der Waals surface area contributed by atoms with E-state index in [-0.39, 0.29) is 0 Å². The van der Waals surface area contributed by atoms with Crippen molar-refractivity contribution in [1.82, 2.24) is 0 Å². The molecule has 0 aliphatic carbocycles. The van der Waals surface area contributed by atoms with E-state index in [1.807, 2.05) is 7.05 Å². The van der Waals surface area contributed by atoms with Crippen LogP contribution in [0.1, 0.15) is 0 Å². The summed E-state index contributed by atoms with van der Waals surface area (Å²) in [7, 11) is 1.94. The first-order chi connectivity index (χ1) is 8.24. The molecule has 0 bridgehead atoms. The Labute approximate surface area is 115 Å². The molecule has 0 aromatic heterocycles. The van der Waals surface area contributed by atoms with Gasteiger partial charge in [0.05, 0.1) is 0 Å². The van der Waals surface area contributed by atoms with Crippen molar-refractivity contribution >= 4 is 33.4 Å². The molecule has 88 valence electrons. The van der Waals surface area contributed by atoms with Gasteiger partial charge in [0.1, 0.15) is 0 Å². The summed E-state index contributed by atoms with van der Waals surface area (Å²) in [6.07, 6.45) is 2.11. The van der Waals surface area contributed by atoms with Crippen molar-refractivity contribution in [1.29, 1.82) is 0 Å². The number of nitrogens with one attached hydrogen (secondary N) is 1. The molecule has 0 radical (unpaired) electrons. The van der Waals surface area contributed by atoms with Gasteiger partial charge in [-0.3, -0.25) is 0 Å². The van der Waals surface area contributed by atoms with Crippen molar-refractivity contribution in [3.05, 3.63) is 46.9 Å². The van der Waals surface area contributed by atoms with E-state index in [0.29, 0.717) is 0 Å². The summed E-state index contributed by atoms with van der Waals surface area (Å²) < 4.78 is 1.09. The summed E-state index contributed by atoms with van der Waals surface area (Å²) in [6.45, 7) is 0. The fourth-order valence-electron chi connectivity index (χ4n) is 1.77. The average Bonchev–Trinajstić information content (AvgIpc) is 2.37. The van der Waals surface area contributed by atoms with E-state index >= 15 is 0 Å². The van der Waals surface area contributed by atoms with Crippen LogP contribution in [-0.4, -0.2) is 13.3 Å². The molecule has 0 heterocycles. The van der Waals surface area contributed by atoms with Gasteiger partial charge in [-0.1, -0.05) is 34.1 Å². The standard InChI is InChI=1S/C14H14BrNS/c1-16-12-8-10(7-11(15)9-12)13-5-3-4-6-14(13)17-2/h3-9,16H,1-2H3. The van der Waals surface area contributed by atoms with Crippen molar-refractivity contribution in [3.63, 3.8) is 0 Å². The molecule has 2 rings (SSSR count). The minimum absolute atomic E-state index is 1.09. The molecular formula is C14H14BrNS. The third-order valence-electron chi connectivity index (χ3n) is 2.60. The molecule has 17 heavy (non-hydrogen) atoms.